The molecule has 0 radical (unpaired) electrons. The van der Waals surface area contributed by atoms with Gasteiger partial charge < -0.3 is 5.73 Å². The zero-order valence-electron chi connectivity index (χ0n) is 5.54. The molecule has 0 aliphatic heterocycles. The zero-order valence-corrected chi connectivity index (χ0v) is 7.95. The Balaban J connectivity index is 2.91. The van der Waals surface area contributed by atoms with Crippen LogP contribution in [0.3, 0.4) is 0 Å². The van der Waals surface area contributed by atoms with Gasteiger partial charge in [0.05, 0.1) is 10.4 Å². The highest BCUT2D eigenvalue weighted by atomic mass is 79.9. The minimum absolute atomic E-state index is 0.789. The van der Waals surface area contributed by atoms with Gasteiger partial charge in [0, 0.05) is 16.1 Å². The molecule has 0 aliphatic rings. The first-order chi connectivity index (χ1) is 5.27. The van der Waals surface area contributed by atoms with E-state index in [1.807, 2.05) is 18.3 Å². The number of hydrogen-bond donors (Lipinski definition) is 1. The molecule has 0 fully saturated rings. The van der Waals surface area contributed by atoms with Crippen LogP contribution in [-0.2, 0) is 0 Å². The SMILES string of the molecule is Nc1cc(Br)cc2cnsc12. The summed E-state index contributed by atoms with van der Waals surface area (Å²) < 4.78 is 6.11. The lowest BCUT2D eigenvalue weighted by Crippen LogP contribution is -1.83. The van der Waals surface area contributed by atoms with E-state index >= 15 is 0 Å². The average Bonchev–Trinajstić information content (AvgIpc) is 2.34. The van der Waals surface area contributed by atoms with Crippen molar-refractivity contribution >= 4 is 43.2 Å². The second-order valence-corrected chi connectivity index (χ2v) is 3.96. The fraction of sp³-hybridized carbons (Fsp3) is 0. The number of hydrogen-bond acceptors (Lipinski definition) is 3. The van der Waals surface area contributed by atoms with Gasteiger partial charge in [-0.15, -0.1) is 0 Å². The van der Waals surface area contributed by atoms with E-state index in [-0.39, 0.29) is 0 Å². The van der Waals surface area contributed by atoms with Crippen LogP contribution >= 0.6 is 27.5 Å². The van der Waals surface area contributed by atoms with Crippen LogP contribution in [0.1, 0.15) is 0 Å². The van der Waals surface area contributed by atoms with E-state index < -0.39 is 0 Å². The number of rotatable bonds is 0. The van der Waals surface area contributed by atoms with Crippen molar-refractivity contribution in [2.45, 2.75) is 0 Å². The molecule has 0 saturated carbocycles. The van der Waals surface area contributed by atoms with E-state index in [1.165, 1.54) is 11.5 Å². The van der Waals surface area contributed by atoms with Crippen LogP contribution in [0.2, 0.25) is 0 Å². The third-order valence-corrected chi connectivity index (χ3v) is 2.77. The van der Waals surface area contributed by atoms with E-state index in [4.69, 9.17) is 5.73 Å². The van der Waals surface area contributed by atoms with E-state index in [0.29, 0.717) is 0 Å². The Kier molecular flexibility index (Phi) is 1.58. The van der Waals surface area contributed by atoms with Gasteiger partial charge in [0.25, 0.3) is 0 Å². The number of anilines is 1. The Labute approximate surface area is 76.3 Å². The summed E-state index contributed by atoms with van der Waals surface area (Å²) in [7, 11) is 0. The topological polar surface area (TPSA) is 38.9 Å². The normalized spacial score (nSPS) is 10.6. The van der Waals surface area contributed by atoms with Crippen LogP contribution in [0.4, 0.5) is 5.69 Å². The molecule has 2 N–H and O–H groups in total. The predicted molar refractivity (Wildman–Crippen MR) is 51.7 cm³/mol. The van der Waals surface area contributed by atoms with Gasteiger partial charge >= 0.3 is 0 Å². The highest BCUT2D eigenvalue weighted by Gasteiger charge is 2.00. The largest absolute Gasteiger partial charge is 0.397 e. The Morgan fingerprint density at radius 1 is 1.45 bits per heavy atom. The summed E-state index contributed by atoms with van der Waals surface area (Å²) in [6, 6.07) is 3.90. The predicted octanol–water partition coefficient (Wildman–Crippen LogP) is 2.64. The Morgan fingerprint density at radius 2 is 2.27 bits per heavy atom. The smallest absolute Gasteiger partial charge is 0.0780 e. The standard InChI is InChI=1S/C7H5BrN2S/c8-5-1-4-3-10-11-7(4)6(9)2-5/h1-3H,9H2. The van der Waals surface area contributed by atoms with Gasteiger partial charge in [-0.1, -0.05) is 15.9 Å². The summed E-state index contributed by atoms with van der Waals surface area (Å²) in [6.07, 6.45) is 1.82. The third kappa shape index (κ3) is 1.12. The summed E-state index contributed by atoms with van der Waals surface area (Å²) in [5, 5.41) is 1.10. The second-order valence-electron chi connectivity index (χ2n) is 2.24. The lowest BCUT2D eigenvalue weighted by atomic mass is 10.2. The second kappa shape index (κ2) is 2.46. The molecule has 2 nitrogen and oxygen atoms in total. The summed E-state index contributed by atoms with van der Waals surface area (Å²) in [4.78, 5) is 0. The molecule has 4 heteroatoms. The van der Waals surface area contributed by atoms with E-state index in [1.54, 1.807) is 0 Å². The van der Waals surface area contributed by atoms with Crippen LogP contribution in [-0.4, -0.2) is 4.37 Å². The molecular weight excluding hydrogens is 224 g/mol. The maximum Gasteiger partial charge on any atom is 0.0780 e. The zero-order chi connectivity index (χ0) is 7.84. The number of halogens is 1. The van der Waals surface area contributed by atoms with Crippen molar-refractivity contribution in [3.63, 3.8) is 0 Å². The molecule has 0 unspecified atom stereocenters. The molecule has 1 heterocycles. The highest BCUT2D eigenvalue weighted by Crippen LogP contribution is 2.28. The molecule has 56 valence electrons. The minimum atomic E-state index is 0.789. The molecular formula is C7H5BrN2S. The molecule has 2 rings (SSSR count). The van der Waals surface area contributed by atoms with E-state index in [2.05, 4.69) is 20.3 Å². The maximum atomic E-state index is 5.74. The molecule has 0 aliphatic carbocycles. The molecule has 1 aromatic heterocycles. The van der Waals surface area contributed by atoms with Crippen LogP contribution in [0.25, 0.3) is 10.1 Å². The quantitative estimate of drug-likeness (QED) is 0.705. The van der Waals surface area contributed by atoms with Crippen molar-refractivity contribution in [1.82, 2.24) is 4.37 Å². The van der Waals surface area contributed by atoms with E-state index in [0.717, 1.165) is 20.2 Å². The monoisotopic (exact) mass is 228 g/mol. The Hall–Kier alpha value is -0.610. The maximum absolute atomic E-state index is 5.74. The van der Waals surface area contributed by atoms with Gasteiger partial charge in [0.1, 0.15) is 0 Å². The van der Waals surface area contributed by atoms with Crippen molar-refractivity contribution in [2.75, 3.05) is 5.73 Å². The number of nitrogen functional groups attached to an aromatic ring is 1. The van der Waals surface area contributed by atoms with Crippen LogP contribution in [0.15, 0.2) is 22.8 Å². The first-order valence-electron chi connectivity index (χ1n) is 3.07. The van der Waals surface area contributed by atoms with E-state index in [9.17, 15) is 0 Å². The van der Waals surface area contributed by atoms with Crippen molar-refractivity contribution < 1.29 is 0 Å². The summed E-state index contributed by atoms with van der Waals surface area (Å²) in [6.45, 7) is 0. The molecule has 0 amide bonds. The Bertz CT molecular complexity index is 396. The van der Waals surface area contributed by atoms with Crippen molar-refractivity contribution in [1.29, 1.82) is 0 Å². The fourth-order valence-electron chi connectivity index (χ4n) is 0.974. The number of nitrogens with zero attached hydrogens (tertiary/aromatic N) is 1. The third-order valence-electron chi connectivity index (χ3n) is 1.45. The van der Waals surface area contributed by atoms with Gasteiger partial charge in [-0.25, -0.2) is 0 Å². The van der Waals surface area contributed by atoms with Crippen LogP contribution < -0.4 is 5.73 Å². The van der Waals surface area contributed by atoms with Crippen molar-refractivity contribution in [2.24, 2.45) is 0 Å². The molecule has 0 saturated heterocycles. The number of benzene rings is 1. The molecule has 0 atom stereocenters. The van der Waals surface area contributed by atoms with Crippen LogP contribution in [0.5, 0.6) is 0 Å². The summed E-state index contributed by atoms with van der Waals surface area (Å²) >= 11 is 4.79. The number of nitrogens with two attached hydrogens (primary N) is 1. The van der Waals surface area contributed by atoms with Crippen molar-refractivity contribution in [3.8, 4) is 0 Å². The summed E-state index contributed by atoms with van der Waals surface area (Å²) in [5.41, 5.74) is 6.53. The van der Waals surface area contributed by atoms with Gasteiger partial charge in [-0.3, -0.25) is 0 Å². The highest BCUT2D eigenvalue weighted by molar-refractivity contribution is 9.10. The van der Waals surface area contributed by atoms with Gasteiger partial charge in [-0.2, -0.15) is 4.37 Å². The fourth-order valence-corrected chi connectivity index (χ4v) is 2.12. The van der Waals surface area contributed by atoms with Crippen molar-refractivity contribution in [3.05, 3.63) is 22.8 Å². The molecule has 11 heavy (non-hydrogen) atoms. The first-order valence-corrected chi connectivity index (χ1v) is 4.63. The molecule has 2 aromatic rings. The number of aromatic nitrogens is 1. The number of fused-ring (bicyclic) bond motifs is 1. The lowest BCUT2D eigenvalue weighted by molar-refractivity contribution is 1.60. The molecule has 0 bridgehead atoms. The molecule has 0 spiro atoms. The summed E-state index contributed by atoms with van der Waals surface area (Å²) in [5.74, 6) is 0. The lowest BCUT2D eigenvalue weighted by Gasteiger charge is -1.94. The van der Waals surface area contributed by atoms with Gasteiger partial charge in [0.15, 0.2) is 0 Å². The first kappa shape index (κ1) is 7.06. The van der Waals surface area contributed by atoms with Gasteiger partial charge in [-0.05, 0) is 23.7 Å². The van der Waals surface area contributed by atoms with Gasteiger partial charge in [0.2, 0.25) is 0 Å². The average molecular weight is 229 g/mol. The van der Waals surface area contributed by atoms with Crippen LogP contribution in [0, 0.1) is 0 Å². The Morgan fingerprint density at radius 3 is 3.09 bits per heavy atom. The minimum Gasteiger partial charge on any atom is -0.397 e. The molecule has 1 aromatic carbocycles.